The average molecular weight is 934 g/mol. The molecule has 0 amide bonds. The zero-order valence-electron chi connectivity index (χ0n) is 41.8. The quantitative estimate of drug-likeness (QED) is 0.140. The molecule has 1 aromatic heterocycles. The van der Waals surface area contributed by atoms with Crippen molar-refractivity contribution in [3.8, 4) is 83.7 Å². The Kier molecular flexibility index (Phi) is 9.79. The SMILES string of the molecule is CC1(C)c2ccccc2-c2ccc(-c3ccc(-c4cccc5cc6c(-c7ccc(-c8ccc9c(c8)C(C)(C)c8ccccc8-9)cc7)cc(-n7c(-c8ccccc8)ccc7C7C=CC=CC7)cc6cc45)cc3)cc21. The van der Waals surface area contributed by atoms with Gasteiger partial charge in [0, 0.05) is 28.1 Å². The van der Waals surface area contributed by atoms with Gasteiger partial charge >= 0.3 is 0 Å². The van der Waals surface area contributed by atoms with Gasteiger partial charge in [-0.25, -0.2) is 0 Å². The van der Waals surface area contributed by atoms with Gasteiger partial charge in [0.25, 0.3) is 0 Å². The van der Waals surface area contributed by atoms with E-state index in [1.807, 2.05) is 0 Å². The maximum atomic E-state index is 2.53. The van der Waals surface area contributed by atoms with Crippen LogP contribution in [0.5, 0.6) is 0 Å². The first kappa shape index (κ1) is 43.3. The maximum absolute atomic E-state index is 2.53. The first-order valence-corrected chi connectivity index (χ1v) is 26.0. The lowest BCUT2D eigenvalue weighted by Gasteiger charge is -2.22. The Morgan fingerprint density at radius 2 is 0.877 bits per heavy atom. The fourth-order valence-electron chi connectivity index (χ4n) is 12.9. The predicted molar refractivity (Wildman–Crippen MR) is 309 cm³/mol. The van der Waals surface area contributed by atoms with E-state index in [0.717, 1.165) is 12.1 Å². The molecular formula is C72H55N. The van der Waals surface area contributed by atoms with E-state index in [2.05, 4.69) is 275 Å². The molecule has 11 aromatic rings. The Bertz CT molecular complexity index is 4080. The van der Waals surface area contributed by atoms with Gasteiger partial charge in [0.2, 0.25) is 0 Å². The number of fused-ring (bicyclic) bond motifs is 8. The highest BCUT2D eigenvalue weighted by atomic mass is 15.0. The Balaban J connectivity index is 0.901. The molecule has 0 bridgehead atoms. The highest BCUT2D eigenvalue weighted by Crippen LogP contribution is 2.51. The summed E-state index contributed by atoms with van der Waals surface area (Å²) in [5, 5.41) is 4.93. The van der Waals surface area contributed by atoms with Crippen molar-refractivity contribution >= 4 is 21.5 Å². The molecule has 14 rings (SSSR count). The maximum Gasteiger partial charge on any atom is 0.0531 e. The molecule has 0 saturated heterocycles. The van der Waals surface area contributed by atoms with Crippen molar-refractivity contribution in [2.75, 3.05) is 0 Å². The number of hydrogen-bond acceptors (Lipinski definition) is 0. The van der Waals surface area contributed by atoms with Crippen LogP contribution in [0, 0.1) is 0 Å². The third-order valence-electron chi connectivity index (χ3n) is 16.8. The zero-order chi connectivity index (χ0) is 49.0. The molecule has 0 saturated carbocycles. The monoisotopic (exact) mass is 933 g/mol. The standard InChI is InChI=1S/C72H55N/c1-71(2)65-24-13-11-21-58(65)60-36-34-52(43-67(60)71)46-26-30-48(31-27-46)57-23-15-20-54-41-63-55(42-62(54)57)40-56(73-69(50-16-7-5-8-17-50)38-39-70(73)51-18-9-6-10-19-51)45-64(63)49-32-28-47(29-33-49)53-35-37-61-59-22-12-14-25-66(59)72(3,4)68(61)44-53/h5-18,20-45,51H,19H2,1-4H3. The summed E-state index contributed by atoms with van der Waals surface area (Å²) < 4.78 is 2.53. The van der Waals surface area contributed by atoms with Crippen LogP contribution in [0.4, 0.5) is 0 Å². The fraction of sp³-hybridized carbons (Fsp3) is 0.111. The number of aromatic nitrogens is 1. The number of rotatable bonds is 7. The van der Waals surface area contributed by atoms with Crippen molar-refractivity contribution in [3.63, 3.8) is 0 Å². The van der Waals surface area contributed by atoms with E-state index in [0.29, 0.717) is 0 Å². The average Bonchev–Trinajstić information content (AvgIpc) is 4.06. The molecule has 10 aromatic carbocycles. The van der Waals surface area contributed by atoms with E-state index >= 15 is 0 Å². The van der Waals surface area contributed by atoms with Crippen LogP contribution in [0.15, 0.2) is 243 Å². The van der Waals surface area contributed by atoms with Crippen molar-refractivity contribution in [2.45, 2.75) is 50.9 Å². The molecule has 3 aliphatic rings. The molecule has 0 spiro atoms. The van der Waals surface area contributed by atoms with Crippen molar-refractivity contribution < 1.29 is 0 Å². The third kappa shape index (κ3) is 6.90. The van der Waals surface area contributed by atoms with Crippen LogP contribution in [0.3, 0.4) is 0 Å². The summed E-state index contributed by atoms with van der Waals surface area (Å²) in [6.07, 6.45) is 9.99. The van der Waals surface area contributed by atoms with Crippen LogP contribution < -0.4 is 0 Å². The lowest BCUT2D eigenvalue weighted by Crippen LogP contribution is -2.14. The molecule has 348 valence electrons. The van der Waals surface area contributed by atoms with Crippen LogP contribution in [-0.2, 0) is 10.8 Å². The number of benzene rings is 10. The molecular weight excluding hydrogens is 879 g/mol. The summed E-state index contributed by atoms with van der Waals surface area (Å²) in [6, 6.07) is 82.6. The Morgan fingerprint density at radius 3 is 1.49 bits per heavy atom. The molecule has 0 fully saturated rings. The Labute approximate surface area is 429 Å². The minimum atomic E-state index is -0.0545. The second-order valence-electron chi connectivity index (χ2n) is 21.6. The lowest BCUT2D eigenvalue weighted by atomic mass is 9.81. The third-order valence-corrected chi connectivity index (χ3v) is 16.8. The summed E-state index contributed by atoms with van der Waals surface area (Å²) in [5.41, 5.74) is 25.6. The molecule has 1 heteroatoms. The smallest absolute Gasteiger partial charge is 0.0531 e. The van der Waals surface area contributed by atoms with Crippen LogP contribution >= 0.6 is 0 Å². The predicted octanol–water partition coefficient (Wildman–Crippen LogP) is 19.3. The topological polar surface area (TPSA) is 4.93 Å². The van der Waals surface area contributed by atoms with Crippen LogP contribution in [0.25, 0.3) is 105 Å². The van der Waals surface area contributed by atoms with Crippen LogP contribution in [0.1, 0.15) is 68.0 Å². The Morgan fingerprint density at radius 1 is 0.356 bits per heavy atom. The number of nitrogens with zero attached hydrogens (tertiary/aromatic N) is 1. The summed E-state index contributed by atoms with van der Waals surface area (Å²) in [6.45, 7) is 9.44. The zero-order valence-corrected chi connectivity index (χ0v) is 41.8. The first-order chi connectivity index (χ1) is 35.7. The van der Waals surface area contributed by atoms with Gasteiger partial charge in [-0.1, -0.05) is 222 Å². The van der Waals surface area contributed by atoms with Gasteiger partial charge < -0.3 is 4.57 Å². The van der Waals surface area contributed by atoms with Crippen molar-refractivity contribution in [1.82, 2.24) is 4.57 Å². The van der Waals surface area contributed by atoms with Crippen molar-refractivity contribution in [3.05, 3.63) is 271 Å². The largest absolute Gasteiger partial charge is 0.313 e. The van der Waals surface area contributed by atoms with Gasteiger partial charge in [-0.3, -0.25) is 0 Å². The highest BCUT2D eigenvalue weighted by Gasteiger charge is 2.36. The fourth-order valence-corrected chi connectivity index (χ4v) is 12.9. The first-order valence-electron chi connectivity index (χ1n) is 26.0. The van der Waals surface area contributed by atoms with Crippen molar-refractivity contribution in [2.24, 2.45) is 0 Å². The second-order valence-corrected chi connectivity index (χ2v) is 21.6. The van der Waals surface area contributed by atoms with E-state index in [1.54, 1.807) is 0 Å². The van der Waals surface area contributed by atoms with Gasteiger partial charge in [-0.2, -0.15) is 0 Å². The molecule has 1 nitrogen and oxygen atoms in total. The molecule has 0 N–H and O–H groups in total. The van der Waals surface area contributed by atoms with Gasteiger partial charge in [0.05, 0.1) is 5.69 Å². The summed E-state index contributed by atoms with van der Waals surface area (Å²) in [5.74, 6) is 0.261. The van der Waals surface area contributed by atoms with E-state index in [4.69, 9.17) is 0 Å². The Hall–Kier alpha value is -8.52. The molecule has 73 heavy (non-hydrogen) atoms. The van der Waals surface area contributed by atoms with Gasteiger partial charge in [-0.05, 0) is 171 Å². The van der Waals surface area contributed by atoms with Gasteiger partial charge in [0.1, 0.15) is 0 Å². The second kappa shape index (κ2) is 16.5. The minimum absolute atomic E-state index is 0.0405. The number of hydrogen-bond donors (Lipinski definition) is 0. The molecule has 1 atom stereocenters. The van der Waals surface area contributed by atoms with Gasteiger partial charge in [-0.15, -0.1) is 0 Å². The van der Waals surface area contributed by atoms with E-state index < -0.39 is 0 Å². The molecule has 3 aliphatic carbocycles. The van der Waals surface area contributed by atoms with Crippen molar-refractivity contribution in [1.29, 1.82) is 0 Å². The summed E-state index contributed by atoms with van der Waals surface area (Å²) in [7, 11) is 0. The minimum Gasteiger partial charge on any atom is -0.313 e. The van der Waals surface area contributed by atoms with E-state index in [1.165, 1.54) is 128 Å². The molecule has 1 unspecified atom stereocenters. The van der Waals surface area contributed by atoms with Gasteiger partial charge in [0.15, 0.2) is 0 Å². The number of allylic oxidation sites excluding steroid dienone is 4. The molecule has 1 heterocycles. The highest BCUT2D eigenvalue weighted by molar-refractivity contribution is 6.10. The molecule has 0 radical (unpaired) electrons. The van der Waals surface area contributed by atoms with Crippen LogP contribution in [-0.4, -0.2) is 4.57 Å². The van der Waals surface area contributed by atoms with Crippen LogP contribution in [0.2, 0.25) is 0 Å². The summed E-state index contributed by atoms with van der Waals surface area (Å²) in [4.78, 5) is 0. The normalized spacial score (nSPS) is 15.6. The summed E-state index contributed by atoms with van der Waals surface area (Å²) >= 11 is 0. The lowest BCUT2D eigenvalue weighted by molar-refractivity contribution is 0.660. The molecule has 0 aliphatic heterocycles. The van der Waals surface area contributed by atoms with E-state index in [-0.39, 0.29) is 16.7 Å². The van der Waals surface area contributed by atoms with E-state index in [9.17, 15) is 0 Å².